The lowest BCUT2D eigenvalue weighted by Crippen LogP contribution is -2.11. The van der Waals surface area contributed by atoms with Crippen LogP contribution in [-0.4, -0.2) is 25.2 Å². The fourth-order valence-corrected chi connectivity index (χ4v) is 2.30. The lowest BCUT2D eigenvalue weighted by atomic mass is 10.2. The molecule has 0 aliphatic carbocycles. The molecule has 0 amide bonds. The third kappa shape index (κ3) is 3.99. The molecule has 0 atom stereocenters. The van der Waals surface area contributed by atoms with E-state index in [2.05, 4.69) is 28.1 Å². The van der Waals surface area contributed by atoms with E-state index < -0.39 is 9.04 Å². The first-order valence-corrected chi connectivity index (χ1v) is 9.00. The molecule has 0 saturated heterocycles. The van der Waals surface area contributed by atoms with E-state index in [9.17, 15) is 0 Å². The highest BCUT2D eigenvalue weighted by Crippen LogP contribution is 2.28. The fourth-order valence-electron chi connectivity index (χ4n) is 1.59. The zero-order chi connectivity index (χ0) is 13.7. The van der Waals surface area contributed by atoms with Gasteiger partial charge in [0.15, 0.2) is 0 Å². The van der Waals surface area contributed by atoms with Gasteiger partial charge >= 0.3 is 0 Å². The van der Waals surface area contributed by atoms with Crippen LogP contribution in [0, 0.1) is 6.92 Å². The molecule has 0 radical (unpaired) electrons. The molecule has 0 saturated carbocycles. The fraction of sp³-hybridized carbons (Fsp3) is 0.214. The molecule has 1 aromatic carbocycles. The predicted molar refractivity (Wildman–Crippen MR) is 80.0 cm³/mol. The standard InChI is InChI=1S/C14H17N3OSi/c1-11-4-5-14(18-19(2)3)13(8-11)17-10-12-9-15-6-7-16-12/h4-10,19H,1-3H3. The smallest absolute Gasteiger partial charge is 0.229 e. The van der Waals surface area contributed by atoms with Gasteiger partial charge in [-0.05, 0) is 37.7 Å². The molecule has 0 unspecified atom stereocenters. The molecule has 2 aromatic rings. The van der Waals surface area contributed by atoms with Crippen LogP contribution >= 0.6 is 0 Å². The number of nitrogens with zero attached hydrogens (tertiary/aromatic N) is 3. The third-order valence-corrected chi connectivity index (χ3v) is 3.12. The Morgan fingerprint density at radius 3 is 2.79 bits per heavy atom. The Bertz CT molecular complexity index is 570. The van der Waals surface area contributed by atoms with Crippen LogP contribution < -0.4 is 4.43 Å². The van der Waals surface area contributed by atoms with Gasteiger partial charge in [0.2, 0.25) is 9.04 Å². The minimum absolute atomic E-state index is 0.733. The molecule has 19 heavy (non-hydrogen) atoms. The second-order valence-corrected chi connectivity index (χ2v) is 6.86. The summed E-state index contributed by atoms with van der Waals surface area (Å²) >= 11 is 0. The van der Waals surface area contributed by atoms with Crippen LogP contribution in [0.4, 0.5) is 5.69 Å². The first kappa shape index (κ1) is 13.4. The molecule has 0 aliphatic rings. The Labute approximate surface area is 114 Å². The number of aryl methyl sites for hydroxylation is 1. The first-order valence-electron chi connectivity index (χ1n) is 6.22. The van der Waals surface area contributed by atoms with Crippen molar-refractivity contribution in [3.05, 3.63) is 48.0 Å². The average Bonchev–Trinajstić information content (AvgIpc) is 2.40. The van der Waals surface area contributed by atoms with E-state index in [0.717, 1.165) is 22.7 Å². The topological polar surface area (TPSA) is 47.4 Å². The zero-order valence-electron chi connectivity index (χ0n) is 11.4. The van der Waals surface area contributed by atoms with E-state index in [-0.39, 0.29) is 0 Å². The SMILES string of the molecule is Cc1ccc(O[SiH](C)C)c(N=Cc2cnccn2)c1. The van der Waals surface area contributed by atoms with E-state index in [4.69, 9.17) is 4.43 Å². The molecule has 0 bridgehead atoms. The summed E-state index contributed by atoms with van der Waals surface area (Å²) in [6, 6.07) is 6.03. The van der Waals surface area contributed by atoms with Crippen LogP contribution in [0.2, 0.25) is 13.1 Å². The van der Waals surface area contributed by atoms with E-state index in [0.29, 0.717) is 0 Å². The molecule has 0 aliphatic heterocycles. The number of hydrogen-bond acceptors (Lipinski definition) is 4. The summed E-state index contributed by atoms with van der Waals surface area (Å²) < 4.78 is 5.88. The van der Waals surface area contributed by atoms with Crippen molar-refractivity contribution < 1.29 is 4.43 Å². The van der Waals surface area contributed by atoms with Gasteiger partial charge in [-0.2, -0.15) is 0 Å². The van der Waals surface area contributed by atoms with Crippen molar-refractivity contribution in [1.29, 1.82) is 0 Å². The Hall–Kier alpha value is -2.01. The zero-order valence-corrected chi connectivity index (χ0v) is 12.5. The maximum absolute atomic E-state index is 5.88. The van der Waals surface area contributed by atoms with Crippen LogP contribution in [0.15, 0.2) is 41.8 Å². The normalized spacial score (nSPS) is 11.2. The summed E-state index contributed by atoms with van der Waals surface area (Å²) in [4.78, 5) is 12.6. The van der Waals surface area contributed by atoms with Gasteiger partial charge in [-0.25, -0.2) is 0 Å². The third-order valence-electron chi connectivity index (χ3n) is 2.40. The number of benzene rings is 1. The highest BCUT2D eigenvalue weighted by Gasteiger charge is 2.05. The van der Waals surface area contributed by atoms with Crippen LogP contribution in [0.1, 0.15) is 11.3 Å². The minimum atomic E-state index is -1.14. The predicted octanol–water partition coefficient (Wildman–Crippen LogP) is 2.90. The molecule has 0 N–H and O–H groups in total. The summed E-state index contributed by atoms with van der Waals surface area (Å²) in [6.07, 6.45) is 6.67. The van der Waals surface area contributed by atoms with Gasteiger partial charge in [0.25, 0.3) is 0 Å². The van der Waals surface area contributed by atoms with Crippen molar-refractivity contribution >= 4 is 20.9 Å². The minimum Gasteiger partial charge on any atom is -0.546 e. The number of rotatable bonds is 4. The highest BCUT2D eigenvalue weighted by atomic mass is 28.3. The van der Waals surface area contributed by atoms with Gasteiger partial charge in [-0.3, -0.25) is 15.0 Å². The number of aromatic nitrogens is 2. The largest absolute Gasteiger partial charge is 0.546 e. The molecular weight excluding hydrogens is 254 g/mol. The summed E-state index contributed by atoms with van der Waals surface area (Å²) in [5.74, 6) is 0.840. The molecule has 4 nitrogen and oxygen atoms in total. The highest BCUT2D eigenvalue weighted by molar-refractivity contribution is 6.49. The van der Waals surface area contributed by atoms with Crippen LogP contribution in [0.3, 0.4) is 0 Å². The first-order chi connectivity index (χ1) is 9.15. The van der Waals surface area contributed by atoms with E-state index in [1.54, 1.807) is 24.8 Å². The van der Waals surface area contributed by atoms with Crippen molar-refractivity contribution in [2.45, 2.75) is 20.0 Å². The Kier molecular flexibility index (Phi) is 4.41. The van der Waals surface area contributed by atoms with Gasteiger partial charge in [0, 0.05) is 12.4 Å². The summed E-state index contributed by atoms with van der Waals surface area (Å²) in [5.41, 5.74) is 2.73. The monoisotopic (exact) mass is 271 g/mol. The van der Waals surface area contributed by atoms with Crippen molar-refractivity contribution in [2.24, 2.45) is 4.99 Å². The second kappa shape index (κ2) is 6.24. The number of hydrogen-bond donors (Lipinski definition) is 0. The summed E-state index contributed by atoms with van der Waals surface area (Å²) in [5, 5.41) is 0. The molecule has 1 aromatic heterocycles. The maximum atomic E-state index is 5.88. The summed E-state index contributed by atoms with van der Waals surface area (Å²) in [7, 11) is -1.14. The van der Waals surface area contributed by atoms with Gasteiger partial charge < -0.3 is 4.43 Å². The van der Waals surface area contributed by atoms with Crippen LogP contribution in [-0.2, 0) is 0 Å². The van der Waals surface area contributed by atoms with E-state index in [1.165, 1.54) is 0 Å². The Morgan fingerprint density at radius 1 is 1.26 bits per heavy atom. The Morgan fingerprint density at radius 2 is 2.11 bits per heavy atom. The molecule has 0 spiro atoms. The molecule has 98 valence electrons. The lowest BCUT2D eigenvalue weighted by Gasteiger charge is -2.12. The molecular formula is C14H17N3OSi. The number of aliphatic imine (C=N–C) groups is 1. The molecule has 2 rings (SSSR count). The quantitative estimate of drug-likeness (QED) is 0.634. The van der Waals surface area contributed by atoms with E-state index in [1.807, 2.05) is 25.1 Å². The van der Waals surface area contributed by atoms with Gasteiger partial charge in [-0.15, -0.1) is 0 Å². The van der Waals surface area contributed by atoms with Crippen LogP contribution in [0.25, 0.3) is 0 Å². The molecule has 5 heteroatoms. The molecule has 1 heterocycles. The van der Waals surface area contributed by atoms with Gasteiger partial charge in [0.1, 0.15) is 11.4 Å². The lowest BCUT2D eigenvalue weighted by molar-refractivity contribution is 0.582. The average molecular weight is 271 g/mol. The maximum Gasteiger partial charge on any atom is 0.229 e. The van der Waals surface area contributed by atoms with Crippen LogP contribution in [0.5, 0.6) is 5.75 Å². The van der Waals surface area contributed by atoms with Crippen molar-refractivity contribution in [2.75, 3.05) is 0 Å². The van der Waals surface area contributed by atoms with Crippen molar-refractivity contribution in [3.8, 4) is 5.75 Å². The van der Waals surface area contributed by atoms with E-state index >= 15 is 0 Å². The van der Waals surface area contributed by atoms with Crippen molar-refractivity contribution in [1.82, 2.24) is 9.97 Å². The Balaban J connectivity index is 2.28. The van der Waals surface area contributed by atoms with Gasteiger partial charge in [-0.1, -0.05) is 6.07 Å². The second-order valence-electron chi connectivity index (χ2n) is 4.53. The van der Waals surface area contributed by atoms with Crippen molar-refractivity contribution in [3.63, 3.8) is 0 Å². The van der Waals surface area contributed by atoms with Gasteiger partial charge in [0.05, 0.1) is 18.1 Å². The molecule has 0 fully saturated rings. The summed E-state index contributed by atoms with van der Waals surface area (Å²) in [6.45, 7) is 6.31.